The van der Waals surface area contributed by atoms with Gasteiger partial charge >= 0.3 is 0 Å². The van der Waals surface area contributed by atoms with E-state index in [9.17, 15) is 4.39 Å². The zero-order chi connectivity index (χ0) is 21.1. The highest BCUT2D eigenvalue weighted by Crippen LogP contribution is 2.34. The molecule has 2 unspecified atom stereocenters. The third kappa shape index (κ3) is 4.37. The van der Waals surface area contributed by atoms with Crippen molar-refractivity contribution in [3.8, 4) is 17.9 Å². The fourth-order valence-electron chi connectivity index (χ4n) is 3.58. The lowest BCUT2D eigenvalue weighted by molar-refractivity contribution is 0.215. The van der Waals surface area contributed by atoms with E-state index in [-0.39, 0.29) is 11.8 Å². The van der Waals surface area contributed by atoms with Crippen LogP contribution in [0.2, 0.25) is 0 Å². The number of pyridine rings is 1. The van der Waals surface area contributed by atoms with Crippen molar-refractivity contribution in [3.05, 3.63) is 65.6 Å². The Kier molecular flexibility index (Phi) is 5.82. The van der Waals surface area contributed by atoms with Crippen LogP contribution in [0, 0.1) is 23.3 Å². The molecule has 5 nitrogen and oxygen atoms in total. The first-order valence-corrected chi connectivity index (χ1v) is 10.2. The summed E-state index contributed by atoms with van der Waals surface area (Å²) in [5.41, 5.74) is 1.42. The number of halogens is 1. The Labute approximate surface area is 175 Å². The number of hydrogen-bond acceptors (Lipinski definition) is 5. The number of nitrogens with zero attached hydrogens (tertiary/aromatic N) is 2. The van der Waals surface area contributed by atoms with E-state index in [1.807, 2.05) is 24.4 Å². The van der Waals surface area contributed by atoms with Gasteiger partial charge < -0.3 is 14.8 Å². The maximum atomic E-state index is 14.4. The second kappa shape index (κ2) is 8.68. The normalized spacial score (nSPS) is 15.4. The highest BCUT2D eigenvalue weighted by molar-refractivity contribution is 5.89. The van der Waals surface area contributed by atoms with Crippen LogP contribution in [0.4, 0.5) is 4.39 Å². The molecule has 1 aliphatic rings. The number of hydrogen-bond donors (Lipinski definition) is 1. The van der Waals surface area contributed by atoms with E-state index in [2.05, 4.69) is 23.3 Å². The smallest absolute Gasteiger partial charge is 0.292 e. The first-order chi connectivity index (χ1) is 14.6. The van der Waals surface area contributed by atoms with Crippen molar-refractivity contribution in [2.45, 2.75) is 38.8 Å². The summed E-state index contributed by atoms with van der Waals surface area (Å²) >= 11 is 0. The van der Waals surface area contributed by atoms with Gasteiger partial charge in [-0.3, -0.25) is 0 Å². The summed E-state index contributed by atoms with van der Waals surface area (Å²) in [6.07, 6.45) is 5.43. The summed E-state index contributed by atoms with van der Waals surface area (Å²) in [5.74, 6) is 1.09. The van der Waals surface area contributed by atoms with Crippen LogP contribution in [0.3, 0.4) is 0 Å². The zero-order valence-corrected chi connectivity index (χ0v) is 17.1. The van der Waals surface area contributed by atoms with Crippen molar-refractivity contribution in [1.29, 1.82) is 5.26 Å². The second-order valence-electron chi connectivity index (χ2n) is 7.77. The summed E-state index contributed by atoms with van der Waals surface area (Å²) < 4.78 is 25.2. The van der Waals surface area contributed by atoms with Gasteiger partial charge in [0.2, 0.25) is 5.88 Å². The van der Waals surface area contributed by atoms with Gasteiger partial charge in [-0.05, 0) is 74.4 Å². The molecule has 1 fully saturated rings. The van der Waals surface area contributed by atoms with Crippen molar-refractivity contribution in [2.75, 3.05) is 6.54 Å². The number of rotatable bonds is 8. The Hall–Kier alpha value is -3.17. The standard InChI is InChI=1S/C24H24FN3O2/c1-15(27-12-17-7-8-17)22-13-28-24(20-6-4-3-5-19(20)22)30-16(2)21-11-18(29-14-26)9-10-23(21)25/h3-6,9-11,13,15-17,27H,7-8,12H2,1-2H3. The minimum Gasteiger partial charge on any atom is -0.469 e. The monoisotopic (exact) mass is 405 g/mol. The number of fused-ring (bicyclic) bond motifs is 1. The molecule has 3 aromatic rings. The molecule has 0 saturated heterocycles. The lowest BCUT2D eigenvalue weighted by Gasteiger charge is -2.20. The van der Waals surface area contributed by atoms with Gasteiger partial charge in [-0.1, -0.05) is 18.2 Å². The fourth-order valence-corrected chi connectivity index (χ4v) is 3.58. The lowest BCUT2D eigenvalue weighted by Crippen LogP contribution is -2.21. The van der Waals surface area contributed by atoms with E-state index in [0.717, 1.165) is 28.8 Å². The van der Waals surface area contributed by atoms with Crippen LogP contribution in [0.5, 0.6) is 11.6 Å². The number of nitriles is 1. The van der Waals surface area contributed by atoms with E-state index < -0.39 is 11.9 Å². The van der Waals surface area contributed by atoms with Crippen LogP contribution in [-0.4, -0.2) is 11.5 Å². The van der Waals surface area contributed by atoms with E-state index in [4.69, 9.17) is 14.7 Å². The van der Waals surface area contributed by atoms with Gasteiger partial charge in [0.1, 0.15) is 17.7 Å². The average Bonchev–Trinajstić information content (AvgIpc) is 3.58. The molecular formula is C24H24FN3O2. The molecule has 1 aromatic heterocycles. The van der Waals surface area contributed by atoms with Crippen LogP contribution in [0.25, 0.3) is 10.8 Å². The summed E-state index contributed by atoms with van der Waals surface area (Å²) in [7, 11) is 0. The first kappa shape index (κ1) is 20.1. The minimum atomic E-state index is -0.612. The summed E-state index contributed by atoms with van der Waals surface area (Å²) in [6.45, 7) is 4.91. The van der Waals surface area contributed by atoms with Gasteiger partial charge in [-0.25, -0.2) is 9.37 Å². The summed E-state index contributed by atoms with van der Waals surface area (Å²) in [5, 5.41) is 14.2. The molecule has 0 spiro atoms. The Balaban J connectivity index is 1.61. The SMILES string of the molecule is CC(NCC1CC1)c1cnc(OC(C)c2cc(OC#N)ccc2F)c2ccccc12. The van der Waals surface area contributed by atoms with E-state index >= 15 is 0 Å². The zero-order valence-electron chi connectivity index (χ0n) is 17.1. The van der Waals surface area contributed by atoms with Crippen LogP contribution in [0.1, 0.15) is 50.0 Å². The van der Waals surface area contributed by atoms with Crippen LogP contribution >= 0.6 is 0 Å². The molecule has 30 heavy (non-hydrogen) atoms. The molecule has 1 heterocycles. The Morgan fingerprint density at radius 2 is 1.93 bits per heavy atom. The maximum Gasteiger partial charge on any atom is 0.292 e. The molecule has 4 rings (SSSR count). The quantitative estimate of drug-likeness (QED) is 0.506. The van der Waals surface area contributed by atoms with Crippen LogP contribution in [0.15, 0.2) is 48.7 Å². The Morgan fingerprint density at radius 1 is 1.17 bits per heavy atom. The highest BCUT2D eigenvalue weighted by Gasteiger charge is 2.23. The number of nitrogens with one attached hydrogen (secondary N) is 1. The molecule has 6 heteroatoms. The topological polar surface area (TPSA) is 67.2 Å². The number of aromatic nitrogens is 1. The van der Waals surface area contributed by atoms with Crippen molar-refractivity contribution < 1.29 is 13.9 Å². The number of ether oxygens (including phenoxy) is 2. The summed E-state index contributed by atoms with van der Waals surface area (Å²) in [6, 6.07) is 12.3. The molecule has 1 saturated carbocycles. The van der Waals surface area contributed by atoms with Gasteiger partial charge in [0.25, 0.3) is 6.26 Å². The molecule has 0 bridgehead atoms. The third-order valence-electron chi connectivity index (χ3n) is 5.52. The Bertz CT molecular complexity index is 1090. The van der Waals surface area contributed by atoms with Crippen molar-refractivity contribution >= 4 is 10.8 Å². The van der Waals surface area contributed by atoms with Crippen molar-refractivity contribution in [3.63, 3.8) is 0 Å². The molecule has 1 N–H and O–H groups in total. The minimum absolute atomic E-state index is 0.173. The van der Waals surface area contributed by atoms with Crippen LogP contribution in [-0.2, 0) is 0 Å². The Morgan fingerprint density at radius 3 is 2.67 bits per heavy atom. The second-order valence-corrected chi connectivity index (χ2v) is 7.77. The molecule has 1 aliphatic carbocycles. The fraction of sp³-hybridized carbons (Fsp3) is 0.333. The maximum absolute atomic E-state index is 14.4. The summed E-state index contributed by atoms with van der Waals surface area (Å²) in [4.78, 5) is 4.56. The number of benzene rings is 2. The lowest BCUT2D eigenvalue weighted by atomic mass is 10.0. The van der Waals surface area contributed by atoms with Gasteiger partial charge in [-0.15, -0.1) is 5.26 Å². The van der Waals surface area contributed by atoms with Crippen molar-refractivity contribution in [2.24, 2.45) is 5.92 Å². The van der Waals surface area contributed by atoms with E-state index in [0.29, 0.717) is 11.4 Å². The van der Waals surface area contributed by atoms with Crippen LogP contribution < -0.4 is 14.8 Å². The first-order valence-electron chi connectivity index (χ1n) is 10.2. The van der Waals surface area contributed by atoms with Gasteiger partial charge in [0, 0.05) is 23.2 Å². The van der Waals surface area contributed by atoms with Gasteiger partial charge in [0.15, 0.2) is 0 Å². The third-order valence-corrected chi connectivity index (χ3v) is 5.52. The average molecular weight is 405 g/mol. The van der Waals surface area contributed by atoms with Crippen molar-refractivity contribution in [1.82, 2.24) is 10.3 Å². The predicted molar refractivity (Wildman–Crippen MR) is 113 cm³/mol. The largest absolute Gasteiger partial charge is 0.469 e. The van der Waals surface area contributed by atoms with Gasteiger partial charge in [0.05, 0.1) is 0 Å². The van der Waals surface area contributed by atoms with E-state index in [1.165, 1.54) is 31.0 Å². The molecular weight excluding hydrogens is 381 g/mol. The predicted octanol–water partition coefficient (Wildman–Crippen LogP) is 5.43. The molecule has 0 amide bonds. The molecule has 0 radical (unpaired) electrons. The molecule has 2 aromatic carbocycles. The van der Waals surface area contributed by atoms with E-state index in [1.54, 1.807) is 13.2 Å². The molecule has 2 atom stereocenters. The molecule has 0 aliphatic heterocycles. The highest BCUT2D eigenvalue weighted by atomic mass is 19.1. The molecule has 154 valence electrons. The van der Waals surface area contributed by atoms with Gasteiger partial charge in [-0.2, -0.15) is 0 Å².